The number of aliphatic hydroxyl groups is 1. The number of hydrogen-bond acceptors (Lipinski definition) is 5. The van der Waals surface area contributed by atoms with E-state index in [0.717, 1.165) is 30.0 Å². The molecule has 2 rings (SSSR count). The molecule has 1 atom stereocenters. The van der Waals surface area contributed by atoms with E-state index >= 15 is 0 Å². The summed E-state index contributed by atoms with van der Waals surface area (Å²) in [4.78, 5) is 8.89. The van der Waals surface area contributed by atoms with Crippen molar-refractivity contribution < 1.29 is 5.11 Å². The fraction of sp³-hybridized carbons (Fsp3) is 0.714. The number of anilines is 2. The van der Waals surface area contributed by atoms with E-state index in [-0.39, 0.29) is 11.5 Å². The molecule has 0 aromatic carbocycles. The van der Waals surface area contributed by atoms with Gasteiger partial charge >= 0.3 is 0 Å². The van der Waals surface area contributed by atoms with E-state index in [9.17, 15) is 5.11 Å². The van der Waals surface area contributed by atoms with Crippen LogP contribution in [0.5, 0.6) is 0 Å². The first-order chi connectivity index (χ1) is 8.79. The molecule has 0 radical (unpaired) electrons. The Balaban J connectivity index is 2.15. The molecule has 1 heterocycles. The van der Waals surface area contributed by atoms with Crippen LogP contribution < -0.4 is 11.1 Å². The molecular weight excluding hydrogens is 240 g/mol. The van der Waals surface area contributed by atoms with Crippen LogP contribution in [0, 0.1) is 12.8 Å². The largest absolute Gasteiger partial charge is 0.391 e. The molecule has 0 saturated heterocycles. The summed E-state index contributed by atoms with van der Waals surface area (Å²) in [5.41, 5.74) is 6.64. The molecule has 0 amide bonds. The molecule has 1 saturated carbocycles. The average molecular weight is 264 g/mol. The molecule has 4 N–H and O–H groups in total. The lowest BCUT2D eigenvalue weighted by Crippen LogP contribution is -2.24. The summed E-state index contributed by atoms with van der Waals surface area (Å²) in [6, 6.07) is 0. The summed E-state index contributed by atoms with van der Waals surface area (Å²) in [6.45, 7) is 8.58. The fourth-order valence-electron chi connectivity index (χ4n) is 1.89. The second-order valence-electron chi connectivity index (χ2n) is 6.44. The van der Waals surface area contributed by atoms with Crippen LogP contribution in [-0.4, -0.2) is 27.7 Å². The van der Waals surface area contributed by atoms with Gasteiger partial charge in [0.15, 0.2) is 0 Å². The van der Waals surface area contributed by atoms with Gasteiger partial charge in [0.05, 0.1) is 6.10 Å². The van der Waals surface area contributed by atoms with Crippen LogP contribution in [0.15, 0.2) is 0 Å². The molecule has 1 fully saturated rings. The lowest BCUT2D eigenvalue weighted by atomic mass is 9.95. The third-order valence-electron chi connectivity index (χ3n) is 3.50. The second kappa shape index (κ2) is 4.96. The SMILES string of the molecule is Cc1c(N)nc(C(C)(C)C)nc1NCC(O)C1CC1. The summed E-state index contributed by atoms with van der Waals surface area (Å²) in [5.74, 6) is 2.41. The highest BCUT2D eigenvalue weighted by Crippen LogP contribution is 2.33. The van der Waals surface area contributed by atoms with Crippen LogP contribution in [0.25, 0.3) is 0 Å². The highest BCUT2D eigenvalue weighted by molar-refractivity contribution is 5.55. The Bertz CT molecular complexity index is 463. The van der Waals surface area contributed by atoms with Gasteiger partial charge in [-0.15, -0.1) is 0 Å². The Hall–Kier alpha value is -1.36. The lowest BCUT2D eigenvalue weighted by molar-refractivity contribution is 0.164. The molecule has 0 spiro atoms. The van der Waals surface area contributed by atoms with Gasteiger partial charge in [0.2, 0.25) is 0 Å². The third kappa shape index (κ3) is 3.35. The second-order valence-corrected chi connectivity index (χ2v) is 6.44. The van der Waals surface area contributed by atoms with Crippen LogP contribution in [0.3, 0.4) is 0 Å². The maximum Gasteiger partial charge on any atom is 0.138 e. The zero-order valence-corrected chi connectivity index (χ0v) is 12.2. The number of aromatic nitrogens is 2. The first-order valence-electron chi connectivity index (χ1n) is 6.85. The van der Waals surface area contributed by atoms with Gasteiger partial charge in [0.25, 0.3) is 0 Å². The lowest BCUT2D eigenvalue weighted by Gasteiger charge is -2.20. The van der Waals surface area contributed by atoms with Gasteiger partial charge in [-0.2, -0.15) is 0 Å². The predicted octanol–water partition coefficient (Wildman–Crippen LogP) is 1.85. The van der Waals surface area contributed by atoms with Gasteiger partial charge in [-0.05, 0) is 25.7 Å². The van der Waals surface area contributed by atoms with Gasteiger partial charge in [-0.25, -0.2) is 9.97 Å². The maximum absolute atomic E-state index is 9.90. The Morgan fingerprint density at radius 2 is 2.00 bits per heavy atom. The van der Waals surface area contributed by atoms with Gasteiger partial charge in [0, 0.05) is 17.5 Å². The average Bonchev–Trinajstić information content (AvgIpc) is 3.13. The Morgan fingerprint density at radius 1 is 1.37 bits per heavy atom. The number of rotatable bonds is 4. The smallest absolute Gasteiger partial charge is 0.138 e. The summed E-state index contributed by atoms with van der Waals surface area (Å²) in [5, 5.41) is 13.1. The van der Waals surface area contributed by atoms with Gasteiger partial charge in [0.1, 0.15) is 17.5 Å². The van der Waals surface area contributed by atoms with Crippen LogP contribution in [-0.2, 0) is 5.41 Å². The summed E-state index contributed by atoms with van der Waals surface area (Å²) in [7, 11) is 0. The van der Waals surface area contributed by atoms with E-state index in [1.807, 2.05) is 6.92 Å². The number of nitrogen functional groups attached to an aromatic ring is 1. The molecule has 1 aliphatic carbocycles. The molecule has 5 nitrogen and oxygen atoms in total. The van der Waals surface area contributed by atoms with Crippen molar-refractivity contribution in [3.8, 4) is 0 Å². The van der Waals surface area contributed by atoms with Gasteiger partial charge in [-0.1, -0.05) is 20.8 Å². The molecule has 1 aromatic heterocycles. The minimum atomic E-state index is -0.298. The number of nitrogens with zero attached hydrogens (tertiary/aromatic N) is 2. The summed E-state index contributed by atoms with van der Waals surface area (Å²) >= 11 is 0. The Morgan fingerprint density at radius 3 is 2.53 bits per heavy atom. The van der Waals surface area contributed by atoms with Crippen molar-refractivity contribution in [1.82, 2.24) is 9.97 Å². The van der Waals surface area contributed by atoms with E-state index in [4.69, 9.17) is 5.73 Å². The van der Waals surface area contributed by atoms with Crippen molar-refractivity contribution >= 4 is 11.6 Å². The minimum absolute atomic E-state index is 0.145. The Labute approximate surface area is 114 Å². The summed E-state index contributed by atoms with van der Waals surface area (Å²) in [6.07, 6.45) is 1.95. The van der Waals surface area contributed by atoms with Crippen molar-refractivity contribution in [2.75, 3.05) is 17.6 Å². The number of aliphatic hydroxyl groups excluding tert-OH is 1. The van der Waals surface area contributed by atoms with E-state index in [1.54, 1.807) is 0 Å². The predicted molar refractivity (Wildman–Crippen MR) is 77.1 cm³/mol. The molecule has 5 heteroatoms. The van der Waals surface area contributed by atoms with E-state index in [2.05, 4.69) is 36.1 Å². The van der Waals surface area contributed by atoms with E-state index in [1.165, 1.54) is 0 Å². The molecule has 0 bridgehead atoms. The van der Waals surface area contributed by atoms with Crippen molar-refractivity contribution in [3.05, 3.63) is 11.4 Å². The number of nitrogens with one attached hydrogen (secondary N) is 1. The van der Waals surface area contributed by atoms with Crippen LogP contribution in [0.1, 0.15) is 45.0 Å². The standard InChI is InChI=1S/C14H24N4O/c1-8-11(15)17-13(14(2,3)4)18-12(8)16-7-10(19)9-5-6-9/h9-10,19H,5-7H2,1-4H3,(H3,15,16,17,18). The molecule has 1 aromatic rings. The Kier molecular flexibility index (Phi) is 3.67. The number of hydrogen-bond donors (Lipinski definition) is 3. The monoisotopic (exact) mass is 264 g/mol. The maximum atomic E-state index is 9.90. The highest BCUT2D eigenvalue weighted by Gasteiger charge is 2.29. The van der Waals surface area contributed by atoms with Crippen molar-refractivity contribution in [2.45, 2.75) is 52.1 Å². The van der Waals surface area contributed by atoms with Crippen molar-refractivity contribution in [3.63, 3.8) is 0 Å². The molecular formula is C14H24N4O. The molecule has 1 aliphatic rings. The van der Waals surface area contributed by atoms with E-state index < -0.39 is 0 Å². The minimum Gasteiger partial charge on any atom is -0.391 e. The highest BCUT2D eigenvalue weighted by atomic mass is 16.3. The van der Waals surface area contributed by atoms with Crippen molar-refractivity contribution in [1.29, 1.82) is 0 Å². The number of nitrogens with two attached hydrogens (primary N) is 1. The van der Waals surface area contributed by atoms with Crippen LogP contribution in [0.2, 0.25) is 0 Å². The first kappa shape index (κ1) is 14.1. The first-order valence-corrected chi connectivity index (χ1v) is 6.85. The molecule has 0 aliphatic heterocycles. The van der Waals surface area contributed by atoms with E-state index in [0.29, 0.717) is 18.3 Å². The third-order valence-corrected chi connectivity index (χ3v) is 3.50. The zero-order chi connectivity index (χ0) is 14.2. The topological polar surface area (TPSA) is 84.1 Å². The van der Waals surface area contributed by atoms with Crippen LogP contribution >= 0.6 is 0 Å². The van der Waals surface area contributed by atoms with Crippen LogP contribution in [0.4, 0.5) is 11.6 Å². The van der Waals surface area contributed by atoms with Gasteiger partial charge < -0.3 is 16.2 Å². The van der Waals surface area contributed by atoms with Gasteiger partial charge in [-0.3, -0.25) is 0 Å². The molecule has 106 valence electrons. The summed E-state index contributed by atoms with van der Waals surface area (Å²) < 4.78 is 0. The molecule has 1 unspecified atom stereocenters. The quantitative estimate of drug-likeness (QED) is 0.773. The molecule has 19 heavy (non-hydrogen) atoms. The normalized spacial score (nSPS) is 17.3. The van der Waals surface area contributed by atoms with Crippen molar-refractivity contribution in [2.24, 2.45) is 5.92 Å². The zero-order valence-electron chi connectivity index (χ0n) is 12.2. The fourth-order valence-corrected chi connectivity index (χ4v) is 1.89.